The average Bonchev–Trinajstić information content (AvgIpc) is 2.34. The summed E-state index contributed by atoms with van der Waals surface area (Å²) in [7, 11) is 1.83. The molecule has 0 unspecified atom stereocenters. The van der Waals surface area contributed by atoms with Crippen molar-refractivity contribution in [3.05, 3.63) is 10.8 Å². The Kier molecular flexibility index (Phi) is 3.60. The molecule has 0 saturated heterocycles. The Morgan fingerprint density at radius 3 is 2.62 bits per heavy atom. The van der Waals surface area contributed by atoms with Crippen molar-refractivity contribution in [3.8, 4) is 0 Å². The summed E-state index contributed by atoms with van der Waals surface area (Å²) >= 11 is 6.01. The molecule has 1 aromatic heterocycles. The molecule has 0 spiro atoms. The fourth-order valence-corrected chi connectivity index (χ4v) is 1.48. The van der Waals surface area contributed by atoms with Gasteiger partial charge in [0.1, 0.15) is 5.15 Å². The smallest absolute Gasteiger partial charge is 0.201 e. The molecular weight excluding hydrogens is 186 g/mol. The fraction of sp³-hybridized carbons (Fsp3) is 0.667. The highest BCUT2D eigenvalue weighted by molar-refractivity contribution is 6.30. The van der Waals surface area contributed by atoms with Gasteiger partial charge in [0.05, 0.1) is 5.69 Å². The van der Waals surface area contributed by atoms with Gasteiger partial charge in [-0.05, 0) is 12.8 Å². The first-order chi connectivity index (χ1) is 6.16. The van der Waals surface area contributed by atoms with E-state index >= 15 is 0 Å². The van der Waals surface area contributed by atoms with Crippen molar-refractivity contribution >= 4 is 17.5 Å². The number of rotatable bonds is 4. The number of aryl methyl sites for hydroxylation is 1. The summed E-state index contributed by atoms with van der Waals surface area (Å²) in [5, 5.41) is 0.675. The molecule has 0 aliphatic rings. The maximum absolute atomic E-state index is 6.01. The number of nitrogen functional groups attached to an aromatic ring is 1. The van der Waals surface area contributed by atoms with Crippen molar-refractivity contribution in [3.63, 3.8) is 0 Å². The van der Waals surface area contributed by atoms with Crippen LogP contribution < -0.4 is 5.73 Å². The van der Waals surface area contributed by atoms with Gasteiger partial charge >= 0.3 is 0 Å². The van der Waals surface area contributed by atoms with Gasteiger partial charge in [-0.25, -0.2) is 4.98 Å². The third-order valence-electron chi connectivity index (χ3n) is 2.14. The van der Waals surface area contributed by atoms with Gasteiger partial charge in [-0.1, -0.05) is 31.4 Å². The van der Waals surface area contributed by atoms with E-state index in [1.165, 1.54) is 12.8 Å². The first kappa shape index (κ1) is 10.4. The largest absolute Gasteiger partial charge is 0.369 e. The Morgan fingerprint density at radius 1 is 1.46 bits per heavy atom. The van der Waals surface area contributed by atoms with E-state index < -0.39 is 0 Å². The van der Waals surface area contributed by atoms with Crippen LogP contribution in [0.15, 0.2) is 0 Å². The second-order valence-electron chi connectivity index (χ2n) is 3.22. The van der Waals surface area contributed by atoms with Crippen molar-refractivity contribution in [2.75, 3.05) is 5.73 Å². The Labute approximate surface area is 83.9 Å². The van der Waals surface area contributed by atoms with E-state index in [1.807, 2.05) is 7.05 Å². The van der Waals surface area contributed by atoms with E-state index in [9.17, 15) is 0 Å². The van der Waals surface area contributed by atoms with Crippen LogP contribution in [0.1, 0.15) is 31.9 Å². The van der Waals surface area contributed by atoms with Crippen LogP contribution in [0.2, 0.25) is 5.15 Å². The molecule has 0 amide bonds. The zero-order chi connectivity index (χ0) is 9.84. The first-order valence-electron chi connectivity index (χ1n) is 4.63. The van der Waals surface area contributed by atoms with E-state index in [-0.39, 0.29) is 0 Å². The molecule has 1 heterocycles. The summed E-state index contributed by atoms with van der Waals surface area (Å²) < 4.78 is 1.71. The molecular formula is C9H16ClN3. The summed E-state index contributed by atoms with van der Waals surface area (Å²) in [4.78, 5) is 4.19. The summed E-state index contributed by atoms with van der Waals surface area (Å²) in [5.41, 5.74) is 6.54. The van der Waals surface area contributed by atoms with Gasteiger partial charge in [0.25, 0.3) is 0 Å². The minimum absolute atomic E-state index is 0.497. The Morgan fingerprint density at radius 2 is 2.15 bits per heavy atom. The number of nitrogens with zero attached hydrogens (tertiary/aromatic N) is 2. The van der Waals surface area contributed by atoms with Crippen molar-refractivity contribution in [1.82, 2.24) is 9.55 Å². The second kappa shape index (κ2) is 4.51. The highest BCUT2D eigenvalue weighted by atomic mass is 35.5. The van der Waals surface area contributed by atoms with Crippen molar-refractivity contribution in [2.45, 2.75) is 32.6 Å². The number of hydrogen-bond acceptors (Lipinski definition) is 2. The number of unbranched alkanes of at least 4 members (excludes halogenated alkanes) is 2. The number of nitrogens with two attached hydrogens (primary N) is 1. The first-order valence-corrected chi connectivity index (χ1v) is 5.01. The number of anilines is 1. The van der Waals surface area contributed by atoms with E-state index in [0.717, 1.165) is 18.5 Å². The van der Waals surface area contributed by atoms with Crippen LogP contribution in [-0.4, -0.2) is 9.55 Å². The predicted octanol–water partition coefficient (Wildman–Crippen LogP) is 2.39. The average molecular weight is 202 g/mol. The standard InChI is InChI=1S/C9H16ClN3/c1-3-4-5-6-7-8(10)13(2)9(11)12-7/h3-6H2,1-2H3,(H2,11,12). The van der Waals surface area contributed by atoms with Crippen molar-refractivity contribution in [2.24, 2.45) is 7.05 Å². The molecule has 3 nitrogen and oxygen atoms in total. The molecule has 0 fully saturated rings. The predicted molar refractivity (Wildman–Crippen MR) is 55.9 cm³/mol. The van der Waals surface area contributed by atoms with Gasteiger partial charge in [-0.3, -0.25) is 0 Å². The summed E-state index contributed by atoms with van der Waals surface area (Å²) in [6.07, 6.45) is 4.48. The minimum Gasteiger partial charge on any atom is -0.369 e. The van der Waals surface area contributed by atoms with Crippen LogP contribution in [0.4, 0.5) is 5.95 Å². The minimum atomic E-state index is 0.497. The third-order valence-corrected chi connectivity index (χ3v) is 2.61. The molecule has 0 aliphatic carbocycles. The normalized spacial score (nSPS) is 10.7. The molecule has 0 bridgehead atoms. The van der Waals surface area contributed by atoms with Crippen molar-refractivity contribution < 1.29 is 0 Å². The van der Waals surface area contributed by atoms with Gasteiger partial charge < -0.3 is 10.3 Å². The highest BCUT2D eigenvalue weighted by Gasteiger charge is 2.09. The number of hydrogen-bond donors (Lipinski definition) is 1. The van der Waals surface area contributed by atoms with E-state index in [0.29, 0.717) is 11.1 Å². The fourth-order valence-electron chi connectivity index (χ4n) is 1.26. The molecule has 1 rings (SSSR count). The van der Waals surface area contributed by atoms with E-state index in [2.05, 4.69) is 11.9 Å². The van der Waals surface area contributed by atoms with Crippen LogP contribution in [0.3, 0.4) is 0 Å². The van der Waals surface area contributed by atoms with Gasteiger partial charge in [-0.2, -0.15) is 0 Å². The van der Waals surface area contributed by atoms with Crippen molar-refractivity contribution in [1.29, 1.82) is 0 Å². The zero-order valence-corrected chi connectivity index (χ0v) is 8.93. The van der Waals surface area contributed by atoms with E-state index in [1.54, 1.807) is 4.57 Å². The van der Waals surface area contributed by atoms with E-state index in [4.69, 9.17) is 17.3 Å². The quantitative estimate of drug-likeness (QED) is 0.761. The lowest BCUT2D eigenvalue weighted by Crippen LogP contribution is -1.96. The van der Waals surface area contributed by atoms with Gasteiger partial charge in [0, 0.05) is 7.05 Å². The molecule has 2 N–H and O–H groups in total. The molecule has 13 heavy (non-hydrogen) atoms. The highest BCUT2D eigenvalue weighted by Crippen LogP contribution is 2.19. The zero-order valence-electron chi connectivity index (χ0n) is 8.18. The second-order valence-corrected chi connectivity index (χ2v) is 3.58. The molecule has 1 aromatic rings. The Balaban J connectivity index is 2.61. The van der Waals surface area contributed by atoms with Crippen LogP contribution in [0, 0.1) is 0 Å². The SMILES string of the molecule is CCCCCc1nc(N)n(C)c1Cl. The van der Waals surface area contributed by atoms with Crippen LogP contribution >= 0.6 is 11.6 Å². The Bertz CT molecular complexity index is 281. The lowest BCUT2D eigenvalue weighted by Gasteiger charge is -1.97. The maximum atomic E-state index is 6.01. The van der Waals surface area contributed by atoms with Crippen LogP contribution in [0.5, 0.6) is 0 Å². The van der Waals surface area contributed by atoms with Gasteiger partial charge in [0.15, 0.2) is 0 Å². The van der Waals surface area contributed by atoms with Crippen LogP contribution in [-0.2, 0) is 13.5 Å². The summed E-state index contributed by atoms with van der Waals surface area (Å²) in [5.74, 6) is 0.497. The lowest BCUT2D eigenvalue weighted by atomic mass is 10.2. The molecule has 0 atom stereocenters. The molecule has 0 aliphatic heterocycles. The van der Waals surface area contributed by atoms with Gasteiger partial charge in [-0.15, -0.1) is 0 Å². The summed E-state index contributed by atoms with van der Waals surface area (Å²) in [6, 6.07) is 0. The number of aromatic nitrogens is 2. The number of imidazole rings is 1. The molecule has 0 saturated carbocycles. The van der Waals surface area contributed by atoms with Gasteiger partial charge in [0.2, 0.25) is 5.95 Å². The maximum Gasteiger partial charge on any atom is 0.201 e. The molecule has 0 aromatic carbocycles. The summed E-state index contributed by atoms with van der Waals surface area (Å²) in [6.45, 7) is 2.17. The third kappa shape index (κ3) is 2.37. The molecule has 74 valence electrons. The molecule has 0 radical (unpaired) electrons. The lowest BCUT2D eigenvalue weighted by molar-refractivity contribution is 0.709. The monoisotopic (exact) mass is 201 g/mol. The topological polar surface area (TPSA) is 43.8 Å². The Hall–Kier alpha value is -0.700. The van der Waals surface area contributed by atoms with Crippen LogP contribution in [0.25, 0.3) is 0 Å². The number of halogens is 1. The molecule has 4 heteroatoms.